The molecule has 0 unspecified atom stereocenters. The second-order valence-electron chi connectivity index (χ2n) is 10.8. The smallest absolute Gasteiger partial charge is 0.399 e. The zero-order valence-electron chi connectivity index (χ0n) is 22.7. The highest BCUT2D eigenvalue weighted by Crippen LogP contribution is 2.39. The van der Waals surface area contributed by atoms with Gasteiger partial charge in [-0.05, 0) is 93.8 Å². The number of nitrogen functional groups attached to an aromatic ring is 1. The number of aromatic nitrogens is 2. The molecular weight excluding hydrogens is 507 g/mol. The molecule has 1 saturated carbocycles. The van der Waals surface area contributed by atoms with Crippen LogP contribution in [0.1, 0.15) is 74.0 Å². The molecule has 4 N–H and O–H groups in total. The number of nitrogens with one attached hydrogen (secondary N) is 1. The maximum Gasteiger partial charge on any atom is 0.416 e. The van der Waals surface area contributed by atoms with Crippen molar-refractivity contribution in [2.45, 2.75) is 70.7 Å². The summed E-state index contributed by atoms with van der Waals surface area (Å²) in [5, 5.41) is 13.7. The van der Waals surface area contributed by atoms with Gasteiger partial charge in [-0.2, -0.15) is 13.2 Å². The minimum Gasteiger partial charge on any atom is -0.399 e. The van der Waals surface area contributed by atoms with Gasteiger partial charge in [-0.3, -0.25) is 4.79 Å². The van der Waals surface area contributed by atoms with Gasteiger partial charge in [-0.15, -0.1) is 0 Å². The van der Waals surface area contributed by atoms with Crippen molar-refractivity contribution in [3.63, 3.8) is 0 Å². The van der Waals surface area contributed by atoms with Gasteiger partial charge >= 0.3 is 6.18 Å². The summed E-state index contributed by atoms with van der Waals surface area (Å²) in [6.45, 7) is 5.54. The Morgan fingerprint density at radius 1 is 1.13 bits per heavy atom. The average Bonchev–Trinajstić information content (AvgIpc) is 2.86. The lowest BCUT2D eigenvalue weighted by molar-refractivity contribution is -0.138. The molecule has 1 aliphatic carbocycles. The van der Waals surface area contributed by atoms with Crippen molar-refractivity contribution in [3.8, 4) is 0 Å². The van der Waals surface area contributed by atoms with Gasteiger partial charge in [0.15, 0.2) is 0 Å². The van der Waals surface area contributed by atoms with Crippen LogP contribution in [0.2, 0.25) is 0 Å². The molecule has 2 atom stereocenters. The van der Waals surface area contributed by atoms with Gasteiger partial charge in [0.1, 0.15) is 11.6 Å². The Labute approximate surface area is 226 Å². The lowest BCUT2D eigenvalue weighted by Gasteiger charge is -2.31. The van der Waals surface area contributed by atoms with Gasteiger partial charge < -0.3 is 21.1 Å². The molecule has 0 bridgehead atoms. The third kappa shape index (κ3) is 6.79. The van der Waals surface area contributed by atoms with Crippen molar-refractivity contribution in [2.75, 3.05) is 24.6 Å². The number of likely N-dealkylation sites (N-methyl/N-ethyl adjacent to an activating group) is 1. The molecule has 0 radical (unpaired) electrons. The number of hydrogen-bond donors (Lipinski definition) is 3. The van der Waals surface area contributed by atoms with E-state index in [9.17, 15) is 23.1 Å². The summed E-state index contributed by atoms with van der Waals surface area (Å²) in [6.07, 6.45) is -1.78. The molecule has 4 rings (SSSR count). The van der Waals surface area contributed by atoms with E-state index in [0.717, 1.165) is 54.3 Å². The summed E-state index contributed by atoms with van der Waals surface area (Å²) < 4.78 is 40.1. The molecule has 3 aromatic rings. The van der Waals surface area contributed by atoms with Crippen LogP contribution in [0, 0.1) is 12.8 Å². The molecular formula is C29H36F3N5O2. The first kappa shape index (κ1) is 28.6. The van der Waals surface area contributed by atoms with E-state index in [1.54, 1.807) is 32.7 Å². The molecule has 0 aliphatic heterocycles. The van der Waals surface area contributed by atoms with E-state index in [1.807, 2.05) is 6.07 Å². The van der Waals surface area contributed by atoms with Crippen LogP contribution in [-0.4, -0.2) is 45.6 Å². The average molecular weight is 544 g/mol. The Balaban J connectivity index is 1.55. The second-order valence-corrected chi connectivity index (χ2v) is 10.8. The van der Waals surface area contributed by atoms with Crippen molar-refractivity contribution < 1.29 is 23.1 Å². The number of aliphatic hydroxyl groups is 1. The molecule has 10 heteroatoms. The first-order valence-corrected chi connectivity index (χ1v) is 13.3. The second kappa shape index (κ2) is 11.4. The van der Waals surface area contributed by atoms with Crippen LogP contribution in [0.15, 0.2) is 36.4 Å². The Kier molecular flexibility index (Phi) is 8.34. The van der Waals surface area contributed by atoms with Crippen LogP contribution in [0.3, 0.4) is 0 Å². The van der Waals surface area contributed by atoms with Crippen LogP contribution >= 0.6 is 0 Å². The number of fused-ring (bicyclic) bond motifs is 1. The van der Waals surface area contributed by atoms with Crippen LogP contribution in [0.4, 0.5) is 24.7 Å². The minimum atomic E-state index is -4.49. The number of anilines is 2. The fourth-order valence-electron chi connectivity index (χ4n) is 5.48. The fourth-order valence-corrected chi connectivity index (χ4v) is 5.48. The summed E-state index contributed by atoms with van der Waals surface area (Å²) in [7, 11) is 1.73. The highest BCUT2D eigenvalue weighted by molar-refractivity contribution is 5.90. The van der Waals surface area contributed by atoms with Crippen molar-refractivity contribution in [2.24, 2.45) is 5.92 Å². The molecule has 1 aliphatic rings. The van der Waals surface area contributed by atoms with E-state index < -0.39 is 23.9 Å². The monoisotopic (exact) mass is 543 g/mol. The summed E-state index contributed by atoms with van der Waals surface area (Å²) in [4.78, 5) is 23.5. The summed E-state index contributed by atoms with van der Waals surface area (Å²) in [5.41, 5.74) is 7.32. The van der Waals surface area contributed by atoms with Gasteiger partial charge in [0.25, 0.3) is 0 Å². The summed E-state index contributed by atoms with van der Waals surface area (Å²) in [6, 6.07) is 9.14. The van der Waals surface area contributed by atoms with Crippen LogP contribution in [-0.2, 0) is 11.0 Å². The first-order valence-electron chi connectivity index (χ1n) is 13.3. The van der Waals surface area contributed by atoms with Gasteiger partial charge in [-0.25, -0.2) is 9.97 Å². The number of benzene rings is 2. The Bertz CT molecular complexity index is 1340. The van der Waals surface area contributed by atoms with Crippen LogP contribution in [0.25, 0.3) is 10.9 Å². The number of aryl methyl sites for hydroxylation is 1. The molecule has 210 valence electrons. The molecule has 2 aromatic carbocycles. The normalized spacial score (nSPS) is 19.5. The largest absolute Gasteiger partial charge is 0.416 e. The number of carbonyl (C=O) groups excluding carboxylic acids is 1. The molecule has 1 fully saturated rings. The fraction of sp³-hybridized carbons (Fsp3) is 0.483. The highest BCUT2D eigenvalue weighted by Gasteiger charge is 2.32. The van der Waals surface area contributed by atoms with Crippen molar-refractivity contribution >= 4 is 28.3 Å². The number of nitrogens with two attached hydrogens (primary N) is 1. The Hall–Kier alpha value is -3.40. The van der Waals surface area contributed by atoms with E-state index >= 15 is 0 Å². The predicted octanol–water partition coefficient (Wildman–Crippen LogP) is 5.83. The van der Waals surface area contributed by atoms with Gasteiger partial charge in [-0.1, -0.05) is 6.07 Å². The number of halogens is 3. The number of nitrogens with zero attached hydrogens (tertiary/aromatic N) is 3. The SMILES string of the molecule is Cc1nc(N[C@H](C)c2cc(N)cc(C(F)(F)F)c2)c2cc([C@H]3CC[C@H](C(=O)N(C)C[C@H](C)O)CC3)ccc2n1. The Morgan fingerprint density at radius 2 is 1.82 bits per heavy atom. The lowest BCUT2D eigenvalue weighted by Crippen LogP contribution is -2.38. The quantitative estimate of drug-likeness (QED) is 0.324. The minimum absolute atomic E-state index is 0.0468. The number of hydrogen-bond acceptors (Lipinski definition) is 6. The number of alkyl halides is 3. The number of rotatable bonds is 7. The maximum atomic E-state index is 13.4. The van der Waals surface area contributed by atoms with Gasteiger partial charge in [0.2, 0.25) is 5.91 Å². The van der Waals surface area contributed by atoms with Crippen LogP contribution in [0.5, 0.6) is 0 Å². The van der Waals surface area contributed by atoms with E-state index in [0.29, 0.717) is 23.8 Å². The zero-order valence-corrected chi connectivity index (χ0v) is 22.7. The molecule has 0 spiro atoms. The predicted molar refractivity (Wildman–Crippen MR) is 146 cm³/mol. The topological polar surface area (TPSA) is 104 Å². The van der Waals surface area contributed by atoms with Crippen LogP contribution < -0.4 is 11.1 Å². The molecule has 1 amide bonds. The Morgan fingerprint density at radius 3 is 2.46 bits per heavy atom. The molecule has 1 aromatic heterocycles. The summed E-state index contributed by atoms with van der Waals surface area (Å²) in [5.74, 6) is 1.40. The first-order chi connectivity index (χ1) is 18.3. The van der Waals surface area contributed by atoms with E-state index in [1.165, 1.54) is 6.07 Å². The van der Waals surface area contributed by atoms with E-state index in [4.69, 9.17) is 5.73 Å². The lowest BCUT2D eigenvalue weighted by atomic mass is 9.78. The molecule has 7 nitrogen and oxygen atoms in total. The number of aliphatic hydroxyl groups excluding tert-OH is 1. The number of carbonyl (C=O) groups is 1. The third-order valence-corrected chi connectivity index (χ3v) is 7.45. The maximum absolute atomic E-state index is 13.4. The molecule has 0 saturated heterocycles. The van der Waals surface area contributed by atoms with Gasteiger partial charge in [0.05, 0.1) is 23.2 Å². The summed E-state index contributed by atoms with van der Waals surface area (Å²) >= 11 is 0. The third-order valence-electron chi connectivity index (χ3n) is 7.45. The van der Waals surface area contributed by atoms with Crippen molar-refractivity contribution in [3.05, 3.63) is 58.9 Å². The van der Waals surface area contributed by atoms with E-state index in [-0.39, 0.29) is 23.4 Å². The highest BCUT2D eigenvalue weighted by atomic mass is 19.4. The van der Waals surface area contributed by atoms with E-state index in [2.05, 4.69) is 27.4 Å². The number of amides is 1. The zero-order chi connectivity index (χ0) is 28.5. The standard InChI is InChI=1S/C29H36F3N5O2/c1-16(38)15-37(4)28(39)20-7-5-19(6-8-20)21-9-10-26-25(13-21)27(36-18(3)35-26)34-17(2)22-11-23(29(30,31)32)14-24(33)12-22/h9-14,16-17,19-20,38H,5-8,15,33H2,1-4H3,(H,34,35,36)/t16-,17+,19-,20-/m0/s1. The molecule has 39 heavy (non-hydrogen) atoms. The van der Waals surface area contributed by atoms with Crippen molar-refractivity contribution in [1.29, 1.82) is 0 Å². The van der Waals surface area contributed by atoms with Crippen molar-refractivity contribution in [1.82, 2.24) is 14.9 Å². The molecule has 1 heterocycles. The van der Waals surface area contributed by atoms with Gasteiger partial charge in [0, 0.05) is 30.6 Å².